The zero-order valence-electron chi connectivity index (χ0n) is 10.7. The molecule has 2 rings (SSSR count). The molecule has 1 atom stereocenters. The molecule has 4 heteroatoms. The van der Waals surface area contributed by atoms with Crippen LogP contribution in [0.15, 0.2) is 24.3 Å². The van der Waals surface area contributed by atoms with E-state index in [0.717, 1.165) is 31.5 Å². The Morgan fingerprint density at radius 1 is 1.56 bits per heavy atom. The monoisotopic (exact) mass is 266 g/mol. The van der Waals surface area contributed by atoms with Gasteiger partial charge in [0.25, 0.3) is 0 Å². The number of carbonyl (C=O) groups is 1. The normalized spacial score (nSPS) is 19.2. The SMILES string of the molecule is CNCC1CCCN1C(=O)Cc1cccc(Cl)c1. The fourth-order valence-electron chi connectivity index (χ4n) is 2.53. The molecule has 1 aromatic rings. The number of nitrogens with zero attached hydrogens (tertiary/aromatic N) is 1. The number of likely N-dealkylation sites (N-methyl/N-ethyl adjacent to an activating group) is 1. The number of likely N-dealkylation sites (tertiary alicyclic amines) is 1. The summed E-state index contributed by atoms with van der Waals surface area (Å²) in [4.78, 5) is 14.3. The van der Waals surface area contributed by atoms with Gasteiger partial charge in [-0.15, -0.1) is 0 Å². The Morgan fingerprint density at radius 2 is 2.39 bits per heavy atom. The number of hydrogen-bond donors (Lipinski definition) is 1. The number of halogens is 1. The first-order valence-electron chi connectivity index (χ1n) is 6.39. The summed E-state index contributed by atoms with van der Waals surface area (Å²) in [6.07, 6.45) is 2.65. The van der Waals surface area contributed by atoms with Crippen LogP contribution in [0.25, 0.3) is 0 Å². The van der Waals surface area contributed by atoms with Gasteiger partial charge in [0, 0.05) is 24.2 Å². The second-order valence-corrected chi connectivity index (χ2v) is 5.18. The number of nitrogens with one attached hydrogen (secondary N) is 1. The topological polar surface area (TPSA) is 32.3 Å². The maximum absolute atomic E-state index is 12.3. The predicted molar refractivity (Wildman–Crippen MR) is 73.8 cm³/mol. The third-order valence-corrected chi connectivity index (χ3v) is 3.62. The highest BCUT2D eigenvalue weighted by Gasteiger charge is 2.27. The van der Waals surface area contributed by atoms with Gasteiger partial charge >= 0.3 is 0 Å². The third kappa shape index (κ3) is 3.24. The highest BCUT2D eigenvalue weighted by molar-refractivity contribution is 6.30. The molecule has 0 saturated carbocycles. The Labute approximate surface area is 113 Å². The van der Waals surface area contributed by atoms with Crippen molar-refractivity contribution in [2.45, 2.75) is 25.3 Å². The van der Waals surface area contributed by atoms with E-state index in [1.54, 1.807) is 0 Å². The molecule has 98 valence electrons. The van der Waals surface area contributed by atoms with Gasteiger partial charge in [-0.05, 0) is 37.6 Å². The average molecular weight is 267 g/mol. The molecule has 1 saturated heterocycles. The second-order valence-electron chi connectivity index (χ2n) is 4.75. The van der Waals surface area contributed by atoms with E-state index in [0.29, 0.717) is 17.5 Å². The molecule has 0 spiro atoms. The fourth-order valence-corrected chi connectivity index (χ4v) is 2.75. The van der Waals surface area contributed by atoms with E-state index in [2.05, 4.69) is 5.32 Å². The minimum atomic E-state index is 0.204. The van der Waals surface area contributed by atoms with Gasteiger partial charge in [-0.25, -0.2) is 0 Å². The van der Waals surface area contributed by atoms with Crippen molar-refractivity contribution in [3.63, 3.8) is 0 Å². The summed E-state index contributed by atoms with van der Waals surface area (Å²) in [7, 11) is 1.93. The molecule has 1 heterocycles. The zero-order valence-corrected chi connectivity index (χ0v) is 11.4. The molecular formula is C14H19ClN2O. The molecule has 0 aliphatic carbocycles. The average Bonchev–Trinajstić information content (AvgIpc) is 2.78. The lowest BCUT2D eigenvalue weighted by molar-refractivity contribution is -0.131. The summed E-state index contributed by atoms with van der Waals surface area (Å²) >= 11 is 5.93. The molecular weight excluding hydrogens is 248 g/mol. The number of amides is 1. The lowest BCUT2D eigenvalue weighted by atomic mass is 10.1. The maximum atomic E-state index is 12.3. The van der Waals surface area contributed by atoms with E-state index in [-0.39, 0.29) is 5.91 Å². The molecule has 1 aromatic carbocycles. The van der Waals surface area contributed by atoms with Crippen molar-refractivity contribution in [2.75, 3.05) is 20.1 Å². The number of rotatable bonds is 4. The lowest BCUT2D eigenvalue weighted by Crippen LogP contribution is -2.41. The van der Waals surface area contributed by atoms with Crippen molar-refractivity contribution < 1.29 is 4.79 Å². The van der Waals surface area contributed by atoms with Crippen LogP contribution in [-0.2, 0) is 11.2 Å². The first-order valence-corrected chi connectivity index (χ1v) is 6.77. The van der Waals surface area contributed by atoms with E-state index in [4.69, 9.17) is 11.6 Å². The molecule has 0 radical (unpaired) electrons. The van der Waals surface area contributed by atoms with Crippen molar-refractivity contribution >= 4 is 17.5 Å². The highest BCUT2D eigenvalue weighted by atomic mass is 35.5. The number of carbonyl (C=O) groups excluding carboxylic acids is 1. The van der Waals surface area contributed by atoms with Crippen LogP contribution in [0.2, 0.25) is 5.02 Å². The smallest absolute Gasteiger partial charge is 0.227 e. The van der Waals surface area contributed by atoms with Gasteiger partial charge < -0.3 is 10.2 Å². The van der Waals surface area contributed by atoms with Crippen LogP contribution in [0.3, 0.4) is 0 Å². The first kappa shape index (κ1) is 13.4. The second kappa shape index (κ2) is 6.21. The Kier molecular flexibility index (Phi) is 4.61. The van der Waals surface area contributed by atoms with Crippen molar-refractivity contribution in [3.05, 3.63) is 34.9 Å². The minimum Gasteiger partial charge on any atom is -0.338 e. The van der Waals surface area contributed by atoms with Crippen molar-refractivity contribution in [2.24, 2.45) is 0 Å². The van der Waals surface area contributed by atoms with Crippen LogP contribution in [0.5, 0.6) is 0 Å². The standard InChI is InChI=1S/C14H19ClN2O/c1-16-10-13-6-3-7-17(13)14(18)9-11-4-2-5-12(15)8-11/h2,4-5,8,13,16H,3,6-7,9-10H2,1H3. The summed E-state index contributed by atoms with van der Waals surface area (Å²) in [6.45, 7) is 1.76. The maximum Gasteiger partial charge on any atom is 0.227 e. The van der Waals surface area contributed by atoms with Gasteiger partial charge in [0.05, 0.1) is 6.42 Å². The highest BCUT2D eigenvalue weighted by Crippen LogP contribution is 2.19. The van der Waals surface area contributed by atoms with E-state index in [1.165, 1.54) is 0 Å². The van der Waals surface area contributed by atoms with E-state index < -0.39 is 0 Å². The molecule has 3 nitrogen and oxygen atoms in total. The van der Waals surface area contributed by atoms with Crippen LogP contribution < -0.4 is 5.32 Å². The van der Waals surface area contributed by atoms with Crippen LogP contribution in [0.1, 0.15) is 18.4 Å². The molecule has 0 aromatic heterocycles. The van der Waals surface area contributed by atoms with Crippen molar-refractivity contribution in [1.29, 1.82) is 0 Å². The Morgan fingerprint density at radius 3 is 3.11 bits per heavy atom. The minimum absolute atomic E-state index is 0.204. The fraction of sp³-hybridized carbons (Fsp3) is 0.500. The zero-order chi connectivity index (χ0) is 13.0. The molecule has 18 heavy (non-hydrogen) atoms. The summed E-state index contributed by atoms with van der Waals surface area (Å²) < 4.78 is 0. The molecule has 1 fully saturated rings. The summed E-state index contributed by atoms with van der Waals surface area (Å²) in [5.74, 6) is 0.204. The van der Waals surface area contributed by atoms with Gasteiger partial charge in [-0.1, -0.05) is 23.7 Å². The van der Waals surface area contributed by atoms with Gasteiger partial charge in [0.2, 0.25) is 5.91 Å². The molecule has 1 aliphatic rings. The number of benzene rings is 1. The largest absolute Gasteiger partial charge is 0.338 e. The Hall–Kier alpha value is -1.06. The van der Waals surface area contributed by atoms with Crippen molar-refractivity contribution in [1.82, 2.24) is 10.2 Å². The lowest BCUT2D eigenvalue weighted by Gasteiger charge is -2.24. The molecule has 1 amide bonds. The molecule has 1 unspecified atom stereocenters. The summed E-state index contributed by atoms with van der Waals surface area (Å²) in [5, 5.41) is 3.84. The predicted octanol–water partition coefficient (Wildman–Crippen LogP) is 2.09. The van der Waals surface area contributed by atoms with Gasteiger partial charge in [-0.3, -0.25) is 4.79 Å². The van der Waals surface area contributed by atoms with E-state index in [1.807, 2.05) is 36.2 Å². The molecule has 0 bridgehead atoms. The summed E-state index contributed by atoms with van der Waals surface area (Å²) in [5.41, 5.74) is 0.989. The first-order chi connectivity index (χ1) is 8.70. The van der Waals surface area contributed by atoms with E-state index in [9.17, 15) is 4.79 Å². The van der Waals surface area contributed by atoms with Gasteiger partial charge in [0.15, 0.2) is 0 Å². The van der Waals surface area contributed by atoms with Crippen molar-refractivity contribution in [3.8, 4) is 0 Å². The van der Waals surface area contributed by atoms with Gasteiger partial charge in [-0.2, -0.15) is 0 Å². The molecule has 1 aliphatic heterocycles. The quantitative estimate of drug-likeness (QED) is 0.905. The van der Waals surface area contributed by atoms with Crippen LogP contribution in [0.4, 0.5) is 0 Å². The Balaban J connectivity index is 1.99. The Bertz CT molecular complexity index is 422. The third-order valence-electron chi connectivity index (χ3n) is 3.38. The van der Waals surface area contributed by atoms with Crippen LogP contribution >= 0.6 is 11.6 Å². The molecule has 1 N–H and O–H groups in total. The van der Waals surface area contributed by atoms with Gasteiger partial charge in [0.1, 0.15) is 0 Å². The summed E-state index contributed by atoms with van der Waals surface area (Å²) in [6, 6.07) is 7.88. The number of hydrogen-bond acceptors (Lipinski definition) is 2. The van der Waals surface area contributed by atoms with Crippen LogP contribution in [-0.4, -0.2) is 37.0 Å². The van der Waals surface area contributed by atoms with Crippen LogP contribution in [0, 0.1) is 0 Å². The van der Waals surface area contributed by atoms with E-state index >= 15 is 0 Å².